The first-order valence-corrected chi connectivity index (χ1v) is 14.4. The highest BCUT2D eigenvalue weighted by Gasteiger charge is 2.42. The van der Waals surface area contributed by atoms with Gasteiger partial charge in [0, 0.05) is 12.3 Å². The average molecular weight is 615 g/mol. The smallest absolute Gasteiger partial charge is 0.493 e. The molecule has 1 saturated heterocycles. The fourth-order valence-electron chi connectivity index (χ4n) is 4.24. The molecule has 1 aromatic carbocycles. The number of ether oxygens (including phenoxy) is 6. The number of aromatic nitrogens is 1. The highest BCUT2D eigenvalue weighted by atomic mass is 16.7. The predicted octanol–water partition coefficient (Wildman–Crippen LogP) is 3.42. The Morgan fingerprint density at radius 2 is 1.82 bits per heavy atom. The van der Waals surface area contributed by atoms with E-state index >= 15 is 0 Å². The van der Waals surface area contributed by atoms with Gasteiger partial charge < -0.3 is 33.7 Å². The maximum Gasteiger partial charge on any atom is 0.514 e. The van der Waals surface area contributed by atoms with Gasteiger partial charge in [0.1, 0.15) is 18.6 Å². The van der Waals surface area contributed by atoms with Crippen molar-refractivity contribution >= 4 is 30.0 Å². The number of rotatable bonds is 11. The van der Waals surface area contributed by atoms with Gasteiger partial charge in [-0.2, -0.15) is 0 Å². The van der Waals surface area contributed by atoms with Crippen molar-refractivity contribution in [1.82, 2.24) is 10.3 Å². The molecule has 13 nitrogen and oxygen atoms in total. The zero-order chi connectivity index (χ0) is 32.2. The Balaban J connectivity index is 1.86. The molecule has 3 rings (SSSR count). The fourth-order valence-corrected chi connectivity index (χ4v) is 4.24. The number of esters is 3. The first-order chi connectivity index (χ1) is 21.0. The van der Waals surface area contributed by atoms with Gasteiger partial charge in [0.05, 0.1) is 19.6 Å². The maximum atomic E-state index is 13.4. The molecular formula is C31H38N2O11. The number of carbonyl (C=O) groups excluding carboxylic acids is 5. The van der Waals surface area contributed by atoms with E-state index in [4.69, 9.17) is 28.4 Å². The number of carbonyl (C=O) groups is 5. The van der Waals surface area contributed by atoms with Gasteiger partial charge in [-0.1, -0.05) is 57.5 Å². The van der Waals surface area contributed by atoms with Crippen LogP contribution in [0.4, 0.5) is 4.79 Å². The van der Waals surface area contributed by atoms with Crippen LogP contribution in [-0.4, -0.2) is 73.5 Å². The number of nitrogens with one attached hydrogen (secondary N) is 1. The lowest BCUT2D eigenvalue weighted by Gasteiger charge is -2.29. The third-order valence-electron chi connectivity index (χ3n) is 6.67. The minimum atomic E-state index is -1.48. The lowest BCUT2D eigenvalue weighted by atomic mass is 9.91. The van der Waals surface area contributed by atoms with Crippen molar-refractivity contribution in [3.63, 3.8) is 0 Å². The van der Waals surface area contributed by atoms with Crippen LogP contribution in [0, 0.1) is 11.8 Å². The molecule has 1 fully saturated rings. The molecule has 2 aromatic rings. The number of hydrogen-bond donors (Lipinski definition) is 1. The number of benzene rings is 1. The average Bonchev–Trinajstić information content (AvgIpc) is 3.03. The molecule has 4 atom stereocenters. The van der Waals surface area contributed by atoms with Gasteiger partial charge in [0.25, 0.3) is 5.91 Å². The number of hydrogen-bond acceptors (Lipinski definition) is 12. The second kappa shape index (κ2) is 16.2. The van der Waals surface area contributed by atoms with Crippen LogP contribution in [0.5, 0.6) is 11.5 Å². The van der Waals surface area contributed by atoms with E-state index in [1.165, 1.54) is 26.3 Å². The van der Waals surface area contributed by atoms with Gasteiger partial charge in [0.15, 0.2) is 23.6 Å². The standard InChI is InChI=1S/C31H38N2O11/c1-6-7-15-40-31(38)44-26-23(39-5)13-14-32-24(26)27(34)33-22-17-41-29(36)21(16-20-11-9-8-10-12-20)25(19(4)42-30(22)37)43-28(35)18(2)3/h8-14,18-19,21-22,25H,6-7,15-17H2,1-5H3,(H,33,34)/t19-,21+,22?,25?/m0/s1. The van der Waals surface area contributed by atoms with Crippen LogP contribution in [0.2, 0.25) is 0 Å². The van der Waals surface area contributed by atoms with Crippen LogP contribution in [0.1, 0.15) is 56.6 Å². The molecule has 44 heavy (non-hydrogen) atoms. The minimum Gasteiger partial charge on any atom is -0.493 e. The molecular weight excluding hydrogens is 576 g/mol. The molecule has 0 saturated carbocycles. The molecule has 0 radical (unpaired) electrons. The lowest BCUT2D eigenvalue weighted by molar-refractivity contribution is -0.176. The third-order valence-corrected chi connectivity index (χ3v) is 6.67. The van der Waals surface area contributed by atoms with E-state index < -0.39 is 72.4 Å². The molecule has 238 valence electrons. The monoisotopic (exact) mass is 614 g/mol. The highest BCUT2D eigenvalue weighted by Crippen LogP contribution is 2.30. The molecule has 0 aliphatic carbocycles. The van der Waals surface area contributed by atoms with Crippen LogP contribution < -0.4 is 14.8 Å². The summed E-state index contributed by atoms with van der Waals surface area (Å²) < 4.78 is 32.2. The van der Waals surface area contributed by atoms with E-state index in [2.05, 4.69) is 10.3 Å². The number of cyclic esters (lactones) is 2. The minimum absolute atomic E-state index is 0.00764. The lowest BCUT2D eigenvalue weighted by Crippen LogP contribution is -2.47. The van der Waals surface area contributed by atoms with Crippen molar-refractivity contribution < 1.29 is 52.4 Å². The maximum absolute atomic E-state index is 13.4. The van der Waals surface area contributed by atoms with Crippen molar-refractivity contribution in [3.8, 4) is 11.5 Å². The van der Waals surface area contributed by atoms with Crippen molar-refractivity contribution in [2.75, 3.05) is 20.3 Å². The molecule has 1 aliphatic heterocycles. The quantitative estimate of drug-likeness (QED) is 0.223. The van der Waals surface area contributed by atoms with Gasteiger partial charge >= 0.3 is 24.1 Å². The van der Waals surface area contributed by atoms with Gasteiger partial charge in [-0.05, 0) is 25.3 Å². The fraction of sp³-hybridized carbons (Fsp3) is 0.484. The second-order valence-corrected chi connectivity index (χ2v) is 10.4. The summed E-state index contributed by atoms with van der Waals surface area (Å²) in [6.45, 7) is 6.20. The van der Waals surface area contributed by atoms with E-state index in [1.54, 1.807) is 38.1 Å². The van der Waals surface area contributed by atoms with Crippen molar-refractivity contribution in [1.29, 1.82) is 0 Å². The first kappa shape index (κ1) is 33.8. The van der Waals surface area contributed by atoms with Crippen LogP contribution >= 0.6 is 0 Å². The molecule has 2 heterocycles. The summed E-state index contributed by atoms with van der Waals surface area (Å²) in [4.78, 5) is 68.8. The second-order valence-electron chi connectivity index (χ2n) is 10.4. The number of unbranched alkanes of at least 4 members (excludes halogenated alkanes) is 1. The van der Waals surface area contributed by atoms with E-state index in [0.29, 0.717) is 6.42 Å². The molecule has 2 unspecified atom stereocenters. The Bertz CT molecular complexity index is 1310. The zero-order valence-electron chi connectivity index (χ0n) is 25.4. The predicted molar refractivity (Wildman–Crippen MR) is 154 cm³/mol. The Kier molecular flexibility index (Phi) is 12.5. The van der Waals surface area contributed by atoms with Crippen molar-refractivity contribution in [2.24, 2.45) is 11.8 Å². The summed E-state index contributed by atoms with van der Waals surface area (Å²) in [5.41, 5.74) is 0.377. The molecule has 1 aromatic heterocycles. The zero-order valence-corrected chi connectivity index (χ0v) is 25.4. The highest BCUT2D eigenvalue weighted by molar-refractivity contribution is 5.98. The summed E-state index contributed by atoms with van der Waals surface area (Å²) in [5, 5.41) is 2.43. The topological polar surface area (TPSA) is 166 Å². The van der Waals surface area contributed by atoms with E-state index in [0.717, 1.165) is 12.0 Å². The third kappa shape index (κ3) is 9.16. The Hall–Kier alpha value is -4.68. The summed E-state index contributed by atoms with van der Waals surface area (Å²) in [6, 6.07) is 8.92. The number of methoxy groups -OCH3 is 1. The van der Waals surface area contributed by atoms with E-state index in [1.807, 2.05) is 13.0 Å². The van der Waals surface area contributed by atoms with Crippen LogP contribution in [0.25, 0.3) is 0 Å². The van der Waals surface area contributed by atoms with Gasteiger partial charge in [-0.3, -0.25) is 14.4 Å². The SMILES string of the molecule is CCCCOC(=O)Oc1c(OC)ccnc1C(=O)NC1COC(=O)[C@H](Cc2ccccc2)C(OC(=O)C(C)C)[C@H](C)OC1=O. The first-order valence-electron chi connectivity index (χ1n) is 14.4. The normalized spacial score (nSPS) is 20.2. The Morgan fingerprint density at radius 3 is 2.48 bits per heavy atom. The Labute approximate surface area is 255 Å². The Morgan fingerprint density at radius 1 is 1.09 bits per heavy atom. The van der Waals surface area contributed by atoms with Crippen molar-refractivity contribution in [2.45, 2.75) is 65.2 Å². The molecule has 1 aliphatic rings. The number of pyridine rings is 1. The van der Waals surface area contributed by atoms with Gasteiger partial charge in [-0.25, -0.2) is 14.6 Å². The number of nitrogens with zero attached hydrogens (tertiary/aromatic N) is 1. The molecule has 0 spiro atoms. The molecule has 0 bridgehead atoms. The van der Waals surface area contributed by atoms with Gasteiger partial charge in [0.2, 0.25) is 5.75 Å². The number of amides is 1. The van der Waals surface area contributed by atoms with Crippen LogP contribution in [-0.2, 0) is 39.8 Å². The van der Waals surface area contributed by atoms with E-state index in [-0.39, 0.29) is 24.5 Å². The largest absolute Gasteiger partial charge is 0.514 e. The van der Waals surface area contributed by atoms with E-state index in [9.17, 15) is 24.0 Å². The van der Waals surface area contributed by atoms with Gasteiger partial charge in [-0.15, -0.1) is 0 Å². The summed E-state index contributed by atoms with van der Waals surface area (Å²) in [7, 11) is 1.30. The van der Waals surface area contributed by atoms with Crippen LogP contribution in [0.15, 0.2) is 42.6 Å². The summed E-state index contributed by atoms with van der Waals surface area (Å²) in [5.74, 6) is -5.09. The van der Waals surface area contributed by atoms with Crippen molar-refractivity contribution in [3.05, 3.63) is 53.9 Å². The van der Waals surface area contributed by atoms with Crippen LogP contribution in [0.3, 0.4) is 0 Å². The summed E-state index contributed by atoms with van der Waals surface area (Å²) >= 11 is 0. The molecule has 1 amide bonds. The summed E-state index contributed by atoms with van der Waals surface area (Å²) in [6.07, 6.45) is -0.560. The molecule has 13 heteroatoms. The molecule has 1 N–H and O–H groups in total.